The Morgan fingerprint density at radius 3 is 2.92 bits per heavy atom. The number of carbonyl (C=O) groups is 2. The highest BCUT2D eigenvalue weighted by Crippen LogP contribution is 2.20. The fourth-order valence-corrected chi connectivity index (χ4v) is 2.51. The lowest BCUT2D eigenvalue weighted by Crippen LogP contribution is -2.41. The van der Waals surface area contributed by atoms with E-state index in [1.807, 2.05) is 0 Å². The maximum atomic E-state index is 13.2. The number of furan rings is 1. The number of carbonyl (C=O) groups excluding carboxylic acids is 1. The van der Waals surface area contributed by atoms with E-state index in [2.05, 4.69) is 10.3 Å². The molecule has 1 atom stereocenters. The second-order valence-electron chi connectivity index (χ2n) is 5.46. The van der Waals surface area contributed by atoms with E-state index in [1.54, 1.807) is 24.4 Å². The lowest BCUT2D eigenvalue weighted by atomic mass is 10.0. The van der Waals surface area contributed by atoms with Crippen molar-refractivity contribution in [2.75, 3.05) is 0 Å². The highest BCUT2D eigenvalue weighted by atomic mass is 19.1. The fourth-order valence-electron chi connectivity index (χ4n) is 2.51. The number of hydrogen-bond acceptors (Lipinski definition) is 3. The standard InChI is InChI=1S/C18H15FN2O4/c19-12-3-5-14-11(10-20-15(14)9-12)8-16(18(23)24)21-17(22)6-4-13-2-1-7-25-13/h1-7,9-10,16,20H,8H2,(H,21,22)(H,23,24)/b6-4-. The van der Waals surface area contributed by atoms with Crippen molar-refractivity contribution in [1.82, 2.24) is 10.3 Å². The minimum atomic E-state index is -1.16. The van der Waals surface area contributed by atoms with Gasteiger partial charge in [-0.1, -0.05) is 0 Å². The van der Waals surface area contributed by atoms with Crippen LogP contribution in [0.15, 0.2) is 53.3 Å². The second kappa shape index (κ2) is 7.04. The van der Waals surface area contributed by atoms with Crippen molar-refractivity contribution in [3.8, 4) is 0 Å². The first-order valence-corrected chi connectivity index (χ1v) is 7.53. The molecule has 3 N–H and O–H groups in total. The van der Waals surface area contributed by atoms with Gasteiger partial charge in [0.2, 0.25) is 5.91 Å². The van der Waals surface area contributed by atoms with Gasteiger partial charge in [0, 0.05) is 29.6 Å². The Labute approximate surface area is 142 Å². The Morgan fingerprint density at radius 2 is 2.20 bits per heavy atom. The maximum absolute atomic E-state index is 13.2. The van der Waals surface area contributed by atoms with E-state index >= 15 is 0 Å². The molecular formula is C18H15FN2O4. The van der Waals surface area contributed by atoms with Gasteiger partial charge in [-0.15, -0.1) is 0 Å². The molecule has 6 nitrogen and oxygen atoms in total. The van der Waals surface area contributed by atoms with Crippen molar-refractivity contribution in [2.24, 2.45) is 0 Å². The zero-order chi connectivity index (χ0) is 17.8. The van der Waals surface area contributed by atoms with Gasteiger partial charge in [0.15, 0.2) is 0 Å². The van der Waals surface area contributed by atoms with Gasteiger partial charge in [-0.3, -0.25) is 4.79 Å². The summed E-state index contributed by atoms with van der Waals surface area (Å²) in [6, 6.07) is 6.45. The molecule has 0 aliphatic rings. The number of carboxylic acid groups (broad SMARTS) is 1. The molecular weight excluding hydrogens is 327 g/mol. The number of H-pyrrole nitrogens is 1. The van der Waals surface area contributed by atoms with Crippen LogP contribution in [0.5, 0.6) is 0 Å². The summed E-state index contributed by atoms with van der Waals surface area (Å²) in [6.45, 7) is 0. The number of aromatic amines is 1. The van der Waals surface area contributed by atoms with Crippen LogP contribution in [0.3, 0.4) is 0 Å². The lowest BCUT2D eigenvalue weighted by Gasteiger charge is -2.12. The molecule has 2 aromatic heterocycles. The van der Waals surface area contributed by atoms with Gasteiger partial charge >= 0.3 is 5.97 Å². The molecule has 0 saturated carbocycles. The summed E-state index contributed by atoms with van der Waals surface area (Å²) in [6.07, 6.45) is 5.81. The van der Waals surface area contributed by atoms with Crippen LogP contribution < -0.4 is 5.32 Å². The van der Waals surface area contributed by atoms with E-state index in [0.29, 0.717) is 22.2 Å². The number of halogens is 1. The van der Waals surface area contributed by atoms with E-state index in [4.69, 9.17) is 4.42 Å². The van der Waals surface area contributed by atoms with Crippen molar-refractivity contribution < 1.29 is 23.5 Å². The third-order valence-corrected chi connectivity index (χ3v) is 3.71. The fraction of sp³-hybridized carbons (Fsp3) is 0.111. The van der Waals surface area contributed by atoms with Crippen LogP contribution >= 0.6 is 0 Å². The average Bonchev–Trinajstić information content (AvgIpc) is 3.22. The molecule has 7 heteroatoms. The van der Waals surface area contributed by atoms with E-state index in [9.17, 15) is 19.1 Å². The smallest absolute Gasteiger partial charge is 0.326 e. The number of hydrogen-bond donors (Lipinski definition) is 3. The number of aliphatic carboxylic acids is 1. The van der Waals surface area contributed by atoms with Gasteiger partial charge in [-0.2, -0.15) is 0 Å². The summed E-state index contributed by atoms with van der Waals surface area (Å²) in [4.78, 5) is 26.3. The minimum absolute atomic E-state index is 0.0707. The van der Waals surface area contributed by atoms with Crippen LogP contribution in [0.1, 0.15) is 11.3 Å². The molecule has 0 bridgehead atoms. The quantitative estimate of drug-likeness (QED) is 0.600. The van der Waals surface area contributed by atoms with Gasteiger partial charge in [0.1, 0.15) is 17.6 Å². The monoisotopic (exact) mass is 342 g/mol. The van der Waals surface area contributed by atoms with Gasteiger partial charge in [0.25, 0.3) is 0 Å². The van der Waals surface area contributed by atoms with Crippen molar-refractivity contribution in [3.05, 3.63) is 66.0 Å². The SMILES string of the molecule is O=C(/C=C\c1ccco1)NC(Cc1c[nH]c2cc(F)ccc12)C(=O)O. The van der Waals surface area contributed by atoms with Crippen LogP contribution in [0, 0.1) is 5.82 Å². The van der Waals surface area contributed by atoms with Gasteiger partial charge in [-0.05, 0) is 42.0 Å². The first-order chi connectivity index (χ1) is 12.0. The number of nitrogens with one attached hydrogen (secondary N) is 2. The third-order valence-electron chi connectivity index (χ3n) is 3.71. The molecule has 128 valence electrons. The minimum Gasteiger partial charge on any atom is -0.480 e. The molecule has 1 aromatic carbocycles. The zero-order valence-electron chi connectivity index (χ0n) is 13.0. The second-order valence-corrected chi connectivity index (χ2v) is 5.46. The molecule has 0 saturated heterocycles. The van der Waals surface area contributed by atoms with Gasteiger partial charge in [-0.25, -0.2) is 9.18 Å². The van der Waals surface area contributed by atoms with Crippen molar-refractivity contribution >= 4 is 28.9 Å². The van der Waals surface area contributed by atoms with Gasteiger partial charge < -0.3 is 19.8 Å². The molecule has 25 heavy (non-hydrogen) atoms. The average molecular weight is 342 g/mol. The number of carboxylic acids is 1. The Bertz CT molecular complexity index is 928. The Kier molecular flexibility index (Phi) is 4.65. The number of amides is 1. The molecule has 1 amide bonds. The summed E-state index contributed by atoms with van der Waals surface area (Å²) in [5.41, 5.74) is 1.25. The Morgan fingerprint density at radius 1 is 1.36 bits per heavy atom. The molecule has 0 aliphatic heterocycles. The predicted molar refractivity (Wildman–Crippen MR) is 89.3 cm³/mol. The first kappa shape index (κ1) is 16.5. The van der Waals surface area contributed by atoms with Crippen molar-refractivity contribution in [3.63, 3.8) is 0 Å². The number of rotatable bonds is 6. The molecule has 0 radical (unpaired) electrons. The van der Waals surface area contributed by atoms with E-state index in [0.717, 1.165) is 0 Å². The Balaban J connectivity index is 1.72. The summed E-state index contributed by atoms with van der Waals surface area (Å²) in [5, 5.41) is 12.5. The molecule has 1 unspecified atom stereocenters. The predicted octanol–water partition coefficient (Wildman–Crippen LogP) is 2.73. The number of benzene rings is 1. The zero-order valence-corrected chi connectivity index (χ0v) is 13.0. The molecule has 3 aromatic rings. The first-order valence-electron chi connectivity index (χ1n) is 7.53. The van der Waals surface area contributed by atoms with E-state index in [1.165, 1.54) is 30.5 Å². The summed E-state index contributed by atoms with van der Waals surface area (Å²) < 4.78 is 18.3. The van der Waals surface area contributed by atoms with Gasteiger partial charge in [0.05, 0.1) is 6.26 Å². The van der Waals surface area contributed by atoms with E-state index in [-0.39, 0.29) is 12.2 Å². The van der Waals surface area contributed by atoms with Crippen LogP contribution in [0.4, 0.5) is 4.39 Å². The van der Waals surface area contributed by atoms with Crippen LogP contribution in [-0.4, -0.2) is 28.0 Å². The number of fused-ring (bicyclic) bond motifs is 1. The summed E-state index contributed by atoms with van der Waals surface area (Å²) in [5.74, 6) is -1.60. The lowest BCUT2D eigenvalue weighted by molar-refractivity contribution is -0.141. The van der Waals surface area contributed by atoms with Crippen LogP contribution in [0.25, 0.3) is 17.0 Å². The maximum Gasteiger partial charge on any atom is 0.326 e. The van der Waals surface area contributed by atoms with Crippen molar-refractivity contribution in [1.29, 1.82) is 0 Å². The topological polar surface area (TPSA) is 95.3 Å². The molecule has 3 rings (SSSR count). The Hall–Kier alpha value is -3.35. The summed E-state index contributed by atoms with van der Waals surface area (Å²) in [7, 11) is 0. The molecule has 2 heterocycles. The number of aromatic nitrogens is 1. The normalized spacial score (nSPS) is 12.5. The molecule has 0 spiro atoms. The van der Waals surface area contributed by atoms with Crippen molar-refractivity contribution in [2.45, 2.75) is 12.5 Å². The highest BCUT2D eigenvalue weighted by molar-refractivity contribution is 5.94. The summed E-state index contributed by atoms with van der Waals surface area (Å²) >= 11 is 0. The largest absolute Gasteiger partial charge is 0.480 e. The molecule has 0 aliphatic carbocycles. The van der Waals surface area contributed by atoms with E-state index < -0.39 is 17.9 Å². The third kappa shape index (κ3) is 3.95. The highest BCUT2D eigenvalue weighted by Gasteiger charge is 2.21. The van der Waals surface area contributed by atoms with Crippen LogP contribution in [-0.2, 0) is 16.0 Å². The molecule has 0 fully saturated rings. The van der Waals surface area contributed by atoms with Crippen LogP contribution in [0.2, 0.25) is 0 Å².